The van der Waals surface area contributed by atoms with Crippen molar-refractivity contribution in [2.45, 2.75) is 36.3 Å². The molecule has 3 atom stereocenters. The molecule has 1 fully saturated rings. The molecule has 0 saturated heterocycles. The predicted molar refractivity (Wildman–Crippen MR) is 45.7 cm³/mol. The molecular formula is C7H12FI. The molecule has 0 bridgehead atoms. The molecule has 1 aliphatic carbocycles. The third-order valence-corrected chi connectivity index (χ3v) is 3.36. The second-order valence-corrected chi connectivity index (χ2v) is 4.55. The normalized spacial score (nSPS) is 45.0. The van der Waals surface area contributed by atoms with Crippen LogP contribution in [-0.2, 0) is 0 Å². The van der Waals surface area contributed by atoms with Gasteiger partial charge in [-0.15, -0.1) is 0 Å². The van der Waals surface area contributed by atoms with Crippen LogP contribution in [0, 0.1) is 5.92 Å². The van der Waals surface area contributed by atoms with Crippen LogP contribution in [-0.4, -0.2) is 10.1 Å². The molecule has 0 aliphatic heterocycles. The Hall–Kier alpha value is 0.660. The molecule has 0 aromatic carbocycles. The lowest BCUT2D eigenvalue weighted by molar-refractivity contribution is 0.222. The highest BCUT2D eigenvalue weighted by Gasteiger charge is 2.25. The van der Waals surface area contributed by atoms with E-state index in [0.29, 0.717) is 9.84 Å². The highest BCUT2D eigenvalue weighted by Crippen LogP contribution is 2.30. The fourth-order valence-electron chi connectivity index (χ4n) is 1.27. The maximum Gasteiger partial charge on any atom is 0.112 e. The van der Waals surface area contributed by atoms with Crippen LogP contribution in [0.5, 0.6) is 0 Å². The Kier molecular flexibility index (Phi) is 2.73. The number of rotatable bonds is 0. The zero-order chi connectivity index (χ0) is 6.85. The van der Waals surface area contributed by atoms with Gasteiger partial charge < -0.3 is 0 Å². The summed E-state index contributed by atoms with van der Waals surface area (Å²) in [6, 6.07) is 0. The first-order valence-electron chi connectivity index (χ1n) is 3.48. The van der Waals surface area contributed by atoms with Crippen molar-refractivity contribution in [1.29, 1.82) is 0 Å². The van der Waals surface area contributed by atoms with Crippen LogP contribution >= 0.6 is 22.6 Å². The molecule has 0 heterocycles. The monoisotopic (exact) mass is 242 g/mol. The molecule has 9 heavy (non-hydrogen) atoms. The first kappa shape index (κ1) is 7.76. The maximum atomic E-state index is 12.8. The van der Waals surface area contributed by atoms with Crippen molar-refractivity contribution < 1.29 is 4.39 Å². The molecule has 0 aromatic rings. The van der Waals surface area contributed by atoms with Gasteiger partial charge in [0.1, 0.15) is 6.17 Å². The van der Waals surface area contributed by atoms with Gasteiger partial charge in [0.2, 0.25) is 0 Å². The van der Waals surface area contributed by atoms with Gasteiger partial charge >= 0.3 is 0 Å². The summed E-state index contributed by atoms with van der Waals surface area (Å²) in [5.74, 6) is 0.617. The smallest absolute Gasteiger partial charge is 0.112 e. The van der Waals surface area contributed by atoms with E-state index in [2.05, 4.69) is 29.5 Å². The number of hydrogen-bond acceptors (Lipinski definition) is 0. The van der Waals surface area contributed by atoms with Crippen molar-refractivity contribution in [3.63, 3.8) is 0 Å². The van der Waals surface area contributed by atoms with E-state index >= 15 is 0 Å². The van der Waals surface area contributed by atoms with Crippen LogP contribution < -0.4 is 0 Å². The van der Waals surface area contributed by atoms with Crippen molar-refractivity contribution >= 4 is 22.6 Å². The Morgan fingerprint density at radius 1 is 1.44 bits per heavy atom. The van der Waals surface area contributed by atoms with Gasteiger partial charge in [-0.3, -0.25) is 0 Å². The molecule has 1 aliphatic rings. The van der Waals surface area contributed by atoms with Crippen molar-refractivity contribution in [1.82, 2.24) is 0 Å². The van der Waals surface area contributed by atoms with Crippen molar-refractivity contribution in [2.75, 3.05) is 0 Å². The Morgan fingerprint density at radius 2 is 2.11 bits per heavy atom. The lowest BCUT2D eigenvalue weighted by Gasteiger charge is -2.25. The van der Waals surface area contributed by atoms with Crippen LogP contribution in [0.1, 0.15) is 26.2 Å². The summed E-state index contributed by atoms with van der Waals surface area (Å²) in [4.78, 5) is 0. The maximum absolute atomic E-state index is 12.8. The zero-order valence-electron chi connectivity index (χ0n) is 5.61. The molecular weight excluding hydrogens is 230 g/mol. The van der Waals surface area contributed by atoms with E-state index < -0.39 is 6.17 Å². The molecule has 0 aromatic heterocycles. The number of hydrogen-bond donors (Lipinski definition) is 0. The van der Waals surface area contributed by atoms with Crippen LogP contribution in [0.4, 0.5) is 4.39 Å². The van der Waals surface area contributed by atoms with Gasteiger partial charge in [0, 0.05) is 3.92 Å². The molecule has 0 nitrogen and oxygen atoms in total. The summed E-state index contributed by atoms with van der Waals surface area (Å²) in [5.41, 5.74) is 0. The van der Waals surface area contributed by atoms with Crippen LogP contribution in [0.25, 0.3) is 0 Å². The standard InChI is InChI=1S/C7H12FI/c1-5-2-3-7(9)6(8)4-5/h5-7H,2-4H2,1H3/t5?,6?,7-/m0/s1. The molecule has 0 spiro atoms. The van der Waals surface area contributed by atoms with Crippen molar-refractivity contribution in [3.05, 3.63) is 0 Å². The average molecular weight is 242 g/mol. The van der Waals surface area contributed by atoms with Gasteiger partial charge in [0.15, 0.2) is 0 Å². The molecule has 54 valence electrons. The fraction of sp³-hybridized carbons (Fsp3) is 1.00. The van der Waals surface area contributed by atoms with E-state index in [1.54, 1.807) is 0 Å². The topological polar surface area (TPSA) is 0 Å². The van der Waals surface area contributed by atoms with E-state index in [1.165, 1.54) is 6.42 Å². The summed E-state index contributed by atoms with van der Waals surface area (Å²) >= 11 is 2.22. The second-order valence-electron chi connectivity index (χ2n) is 2.95. The SMILES string of the molecule is CC1CC[C@H](I)C(F)C1. The molecule has 2 unspecified atom stereocenters. The minimum atomic E-state index is -0.533. The van der Waals surface area contributed by atoms with Gasteiger partial charge in [0.25, 0.3) is 0 Å². The van der Waals surface area contributed by atoms with E-state index in [-0.39, 0.29) is 0 Å². The van der Waals surface area contributed by atoms with Gasteiger partial charge in [0.05, 0.1) is 0 Å². The summed E-state index contributed by atoms with van der Waals surface area (Å²) in [5, 5.41) is 0. The van der Waals surface area contributed by atoms with Crippen molar-refractivity contribution in [2.24, 2.45) is 5.92 Å². The van der Waals surface area contributed by atoms with Gasteiger partial charge in [-0.2, -0.15) is 0 Å². The third-order valence-electron chi connectivity index (χ3n) is 1.96. The lowest BCUT2D eigenvalue weighted by Crippen LogP contribution is -2.24. The summed E-state index contributed by atoms with van der Waals surface area (Å²) in [6.07, 6.45) is 2.54. The molecule has 0 N–H and O–H groups in total. The second kappa shape index (κ2) is 3.17. The minimum absolute atomic E-state index is 0.291. The molecule has 0 radical (unpaired) electrons. The zero-order valence-corrected chi connectivity index (χ0v) is 7.77. The summed E-state index contributed by atoms with van der Waals surface area (Å²) < 4.78 is 13.1. The quantitative estimate of drug-likeness (QED) is 0.452. The number of halogens is 2. The number of alkyl halides is 2. The summed E-state index contributed by atoms with van der Waals surface area (Å²) in [6.45, 7) is 2.13. The lowest BCUT2D eigenvalue weighted by atomic mass is 9.90. The highest BCUT2D eigenvalue weighted by atomic mass is 127. The Balaban J connectivity index is 2.35. The third kappa shape index (κ3) is 2.06. The van der Waals surface area contributed by atoms with E-state index in [1.807, 2.05) is 0 Å². The van der Waals surface area contributed by atoms with Crippen LogP contribution in [0.2, 0.25) is 0 Å². The van der Waals surface area contributed by atoms with Crippen LogP contribution in [0.3, 0.4) is 0 Å². The van der Waals surface area contributed by atoms with Gasteiger partial charge in [-0.1, -0.05) is 29.5 Å². The first-order chi connectivity index (χ1) is 4.20. The van der Waals surface area contributed by atoms with E-state index in [0.717, 1.165) is 12.8 Å². The largest absolute Gasteiger partial charge is 0.246 e. The highest BCUT2D eigenvalue weighted by molar-refractivity contribution is 14.1. The van der Waals surface area contributed by atoms with Gasteiger partial charge in [-0.25, -0.2) is 4.39 Å². The van der Waals surface area contributed by atoms with E-state index in [9.17, 15) is 4.39 Å². The minimum Gasteiger partial charge on any atom is -0.246 e. The Morgan fingerprint density at radius 3 is 2.56 bits per heavy atom. The first-order valence-corrected chi connectivity index (χ1v) is 4.73. The molecule has 1 saturated carbocycles. The van der Waals surface area contributed by atoms with Gasteiger partial charge in [-0.05, 0) is 25.2 Å². The Labute approximate surface area is 69.4 Å². The molecule has 0 amide bonds. The van der Waals surface area contributed by atoms with Crippen LogP contribution in [0.15, 0.2) is 0 Å². The molecule has 1 rings (SSSR count). The summed E-state index contributed by atoms with van der Waals surface area (Å²) in [7, 11) is 0. The van der Waals surface area contributed by atoms with Crippen molar-refractivity contribution in [3.8, 4) is 0 Å². The predicted octanol–water partition coefficient (Wildman–Crippen LogP) is 2.95. The Bertz CT molecular complexity index is 94.9. The average Bonchev–Trinajstić information content (AvgIpc) is 1.80. The van der Waals surface area contributed by atoms with E-state index in [4.69, 9.17) is 0 Å². The molecule has 2 heteroatoms. The fourth-order valence-corrected chi connectivity index (χ4v) is 1.93.